The van der Waals surface area contributed by atoms with E-state index < -0.39 is 0 Å². The van der Waals surface area contributed by atoms with Gasteiger partial charge in [0.25, 0.3) is 0 Å². The molecule has 0 radical (unpaired) electrons. The number of H-pyrrole nitrogens is 1. The summed E-state index contributed by atoms with van der Waals surface area (Å²) in [5.74, 6) is 0.336. The van der Waals surface area contributed by atoms with E-state index in [2.05, 4.69) is 10.2 Å². The molecule has 1 aromatic heterocycles. The van der Waals surface area contributed by atoms with E-state index in [1.54, 1.807) is 12.1 Å². The van der Waals surface area contributed by atoms with Gasteiger partial charge in [0, 0.05) is 18.2 Å². The molecule has 1 unspecified atom stereocenters. The molecule has 0 aliphatic carbocycles. The summed E-state index contributed by atoms with van der Waals surface area (Å²) >= 11 is 0. The zero-order chi connectivity index (χ0) is 11.5. The Morgan fingerprint density at radius 1 is 1.38 bits per heavy atom. The molecule has 2 aromatic rings. The van der Waals surface area contributed by atoms with Gasteiger partial charge in [-0.05, 0) is 30.7 Å². The molecule has 2 rings (SSSR count). The van der Waals surface area contributed by atoms with E-state index in [1.807, 2.05) is 25.1 Å². The molecule has 1 aromatic carbocycles. The number of aromatic hydroxyl groups is 1. The summed E-state index contributed by atoms with van der Waals surface area (Å²) in [6.45, 7) is 2.45. The van der Waals surface area contributed by atoms with Crippen LogP contribution in [-0.4, -0.2) is 21.8 Å². The van der Waals surface area contributed by atoms with Gasteiger partial charge in [0.05, 0.1) is 5.69 Å². The number of nitrogens with two attached hydrogens (primary N) is 1. The molecule has 0 spiro atoms. The number of nitrogens with one attached hydrogen (secondary N) is 1. The monoisotopic (exact) mass is 217 g/mol. The molecule has 4 N–H and O–H groups in total. The number of rotatable bonds is 3. The Balaban J connectivity index is 2.32. The number of hydrogen-bond acceptors (Lipinski definition) is 3. The molecule has 0 saturated heterocycles. The topological polar surface area (TPSA) is 74.9 Å². The van der Waals surface area contributed by atoms with Crippen LogP contribution in [0.4, 0.5) is 0 Å². The lowest BCUT2D eigenvalue weighted by Gasteiger charge is -2.12. The van der Waals surface area contributed by atoms with E-state index in [1.165, 1.54) is 0 Å². The van der Waals surface area contributed by atoms with Crippen molar-refractivity contribution in [2.75, 3.05) is 6.54 Å². The highest BCUT2D eigenvalue weighted by molar-refractivity contribution is 5.33. The van der Waals surface area contributed by atoms with Gasteiger partial charge in [0.15, 0.2) is 0 Å². The maximum absolute atomic E-state index is 9.23. The summed E-state index contributed by atoms with van der Waals surface area (Å²) in [5.41, 5.74) is 8.79. The molecule has 4 heteroatoms. The first-order valence-electron chi connectivity index (χ1n) is 5.21. The zero-order valence-corrected chi connectivity index (χ0v) is 9.14. The standard InChI is InChI=1S/C12H15N3O/c1-8-6-12(15-14-8)11(7-13)9-2-4-10(16)5-3-9/h2-6,11,16H,7,13H2,1H3,(H,14,15). The lowest BCUT2D eigenvalue weighted by Crippen LogP contribution is -2.14. The number of aryl methyl sites for hydroxylation is 1. The summed E-state index contributed by atoms with van der Waals surface area (Å²) in [6.07, 6.45) is 0. The third-order valence-corrected chi connectivity index (χ3v) is 2.61. The molecule has 16 heavy (non-hydrogen) atoms. The lowest BCUT2D eigenvalue weighted by molar-refractivity contribution is 0.475. The van der Waals surface area contributed by atoms with E-state index in [0.29, 0.717) is 6.54 Å². The second-order valence-corrected chi connectivity index (χ2v) is 3.86. The molecule has 1 atom stereocenters. The number of hydrogen-bond donors (Lipinski definition) is 3. The second-order valence-electron chi connectivity index (χ2n) is 3.86. The summed E-state index contributed by atoms with van der Waals surface area (Å²) in [4.78, 5) is 0. The molecule has 0 fully saturated rings. The Bertz CT molecular complexity index is 461. The Morgan fingerprint density at radius 2 is 2.06 bits per heavy atom. The van der Waals surface area contributed by atoms with Crippen molar-refractivity contribution in [3.63, 3.8) is 0 Å². The highest BCUT2D eigenvalue weighted by Gasteiger charge is 2.14. The van der Waals surface area contributed by atoms with Crippen molar-refractivity contribution < 1.29 is 5.11 Å². The molecule has 0 aliphatic rings. The SMILES string of the molecule is Cc1cc(C(CN)c2ccc(O)cc2)n[nH]1. The first kappa shape index (κ1) is 10.7. The van der Waals surface area contributed by atoms with E-state index in [0.717, 1.165) is 17.0 Å². The summed E-state index contributed by atoms with van der Waals surface area (Å²) in [5, 5.41) is 16.4. The second kappa shape index (κ2) is 4.37. The minimum absolute atomic E-state index is 0.0746. The molecule has 1 heterocycles. The summed E-state index contributed by atoms with van der Waals surface area (Å²) in [6, 6.07) is 9.06. The molecule has 84 valence electrons. The fourth-order valence-electron chi connectivity index (χ4n) is 1.75. The highest BCUT2D eigenvalue weighted by atomic mass is 16.3. The smallest absolute Gasteiger partial charge is 0.115 e. The fraction of sp³-hybridized carbons (Fsp3) is 0.250. The van der Waals surface area contributed by atoms with Crippen LogP contribution in [0.25, 0.3) is 0 Å². The third-order valence-electron chi connectivity index (χ3n) is 2.61. The normalized spacial score (nSPS) is 12.6. The first-order chi connectivity index (χ1) is 7.70. The minimum atomic E-state index is 0.0746. The summed E-state index contributed by atoms with van der Waals surface area (Å²) < 4.78 is 0. The van der Waals surface area contributed by atoms with Gasteiger partial charge in [0.1, 0.15) is 5.75 Å². The third kappa shape index (κ3) is 2.06. The van der Waals surface area contributed by atoms with Crippen LogP contribution < -0.4 is 5.73 Å². The Hall–Kier alpha value is -1.81. The van der Waals surface area contributed by atoms with Crippen molar-refractivity contribution in [2.24, 2.45) is 5.73 Å². The molecule has 0 aliphatic heterocycles. The average molecular weight is 217 g/mol. The number of nitrogens with zero attached hydrogens (tertiary/aromatic N) is 1. The number of phenolic OH excluding ortho intramolecular Hbond substituents is 1. The minimum Gasteiger partial charge on any atom is -0.508 e. The predicted octanol–water partition coefficient (Wildman–Crippen LogP) is 1.51. The number of aromatic nitrogens is 2. The maximum atomic E-state index is 9.23. The largest absolute Gasteiger partial charge is 0.508 e. The maximum Gasteiger partial charge on any atom is 0.115 e. The average Bonchev–Trinajstić information content (AvgIpc) is 2.69. The molecular weight excluding hydrogens is 202 g/mol. The van der Waals surface area contributed by atoms with Crippen LogP contribution in [0.5, 0.6) is 5.75 Å². The van der Waals surface area contributed by atoms with Gasteiger partial charge >= 0.3 is 0 Å². The fourth-order valence-corrected chi connectivity index (χ4v) is 1.75. The van der Waals surface area contributed by atoms with E-state index in [4.69, 9.17) is 5.73 Å². The van der Waals surface area contributed by atoms with Gasteiger partial charge in [-0.15, -0.1) is 0 Å². The predicted molar refractivity (Wildman–Crippen MR) is 62.3 cm³/mol. The van der Waals surface area contributed by atoms with Gasteiger partial charge in [-0.25, -0.2) is 0 Å². The van der Waals surface area contributed by atoms with Crippen molar-refractivity contribution in [1.82, 2.24) is 10.2 Å². The van der Waals surface area contributed by atoms with Crippen LogP contribution in [-0.2, 0) is 0 Å². The molecule has 0 amide bonds. The van der Waals surface area contributed by atoms with Gasteiger partial charge in [-0.1, -0.05) is 12.1 Å². The summed E-state index contributed by atoms with van der Waals surface area (Å²) in [7, 11) is 0. The zero-order valence-electron chi connectivity index (χ0n) is 9.14. The number of phenols is 1. The van der Waals surface area contributed by atoms with E-state index >= 15 is 0 Å². The van der Waals surface area contributed by atoms with Crippen LogP contribution >= 0.6 is 0 Å². The lowest BCUT2D eigenvalue weighted by atomic mass is 9.96. The Morgan fingerprint density at radius 3 is 2.56 bits per heavy atom. The quantitative estimate of drug-likeness (QED) is 0.729. The van der Waals surface area contributed by atoms with Crippen LogP contribution in [0.1, 0.15) is 22.9 Å². The number of aromatic amines is 1. The van der Waals surface area contributed by atoms with Crippen LogP contribution in [0.3, 0.4) is 0 Å². The van der Waals surface area contributed by atoms with Crippen molar-refractivity contribution in [1.29, 1.82) is 0 Å². The van der Waals surface area contributed by atoms with E-state index in [-0.39, 0.29) is 11.7 Å². The van der Waals surface area contributed by atoms with Crippen LogP contribution in [0.2, 0.25) is 0 Å². The Labute approximate surface area is 94.1 Å². The van der Waals surface area contributed by atoms with E-state index in [9.17, 15) is 5.11 Å². The van der Waals surface area contributed by atoms with Gasteiger partial charge < -0.3 is 10.8 Å². The molecule has 0 bridgehead atoms. The van der Waals surface area contributed by atoms with Crippen molar-refractivity contribution in [3.8, 4) is 5.75 Å². The molecule has 4 nitrogen and oxygen atoms in total. The van der Waals surface area contributed by atoms with Crippen LogP contribution in [0.15, 0.2) is 30.3 Å². The van der Waals surface area contributed by atoms with Gasteiger partial charge in [-0.2, -0.15) is 5.10 Å². The Kier molecular flexibility index (Phi) is 2.92. The highest BCUT2D eigenvalue weighted by Crippen LogP contribution is 2.23. The van der Waals surface area contributed by atoms with Crippen molar-refractivity contribution in [3.05, 3.63) is 47.3 Å². The van der Waals surface area contributed by atoms with Crippen molar-refractivity contribution in [2.45, 2.75) is 12.8 Å². The molecule has 0 saturated carbocycles. The molecular formula is C12H15N3O. The van der Waals surface area contributed by atoms with Crippen LogP contribution in [0, 0.1) is 6.92 Å². The van der Waals surface area contributed by atoms with Gasteiger partial charge in [0.2, 0.25) is 0 Å². The number of benzene rings is 1. The van der Waals surface area contributed by atoms with Crippen molar-refractivity contribution >= 4 is 0 Å². The van der Waals surface area contributed by atoms with Gasteiger partial charge in [-0.3, -0.25) is 5.10 Å². The first-order valence-corrected chi connectivity index (χ1v) is 5.21.